The molecule has 1 aromatic carbocycles. The topological polar surface area (TPSA) is 72.2 Å². The number of carbonyl (C=O) groups is 1. The van der Waals surface area contributed by atoms with Gasteiger partial charge in [0.05, 0.1) is 4.92 Å². The molecule has 1 amide bonds. The largest absolute Gasteiger partial charge is 0.323 e. The lowest BCUT2D eigenvalue weighted by atomic mass is 10.3. The second-order valence-corrected chi connectivity index (χ2v) is 2.04. The third-order valence-electron chi connectivity index (χ3n) is 1.32. The monoisotopic (exact) mass is 196 g/mol. The van der Waals surface area contributed by atoms with Gasteiger partial charge in [0.15, 0.2) is 0 Å². The van der Waals surface area contributed by atoms with Crippen molar-refractivity contribution in [1.82, 2.24) is 0 Å². The zero-order valence-electron chi connectivity index (χ0n) is 8.06. The first-order valence-corrected chi connectivity index (χ1v) is 4.19. The van der Waals surface area contributed by atoms with Crippen LogP contribution >= 0.6 is 0 Å². The maximum atomic E-state index is 10.3. The van der Waals surface area contributed by atoms with Crippen molar-refractivity contribution in [1.29, 1.82) is 0 Å². The lowest BCUT2D eigenvalue weighted by molar-refractivity contribution is -0.383. The zero-order valence-corrected chi connectivity index (χ0v) is 8.06. The van der Waals surface area contributed by atoms with Gasteiger partial charge in [0.25, 0.3) is 5.69 Å². The molecule has 0 aliphatic carbocycles. The summed E-state index contributed by atoms with van der Waals surface area (Å²) in [5, 5.41) is 12.6. The number of hydrogen-bond donors (Lipinski definition) is 1. The molecular formula is C9H12N2O3. The van der Waals surface area contributed by atoms with Gasteiger partial charge in [-0.25, -0.2) is 0 Å². The van der Waals surface area contributed by atoms with E-state index in [1.54, 1.807) is 6.07 Å². The normalized spacial score (nSPS) is 8.14. The van der Waals surface area contributed by atoms with Gasteiger partial charge in [-0.15, -0.1) is 0 Å². The molecular weight excluding hydrogens is 184 g/mol. The zero-order chi connectivity index (χ0) is 11.0. The third kappa shape index (κ3) is 3.22. The number of para-hydroxylation sites is 2. The summed E-state index contributed by atoms with van der Waals surface area (Å²) < 4.78 is 0. The van der Waals surface area contributed by atoms with Crippen LogP contribution in [-0.2, 0) is 4.79 Å². The number of rotatable bonds is 3. The highest BCUT2D eigenvalue weighted by atomic mass is 16.6. The van der Waals surface area contributed by atoms with Crippen LogP contribution in [0.5, 0.6) is 0 Å². The van der Waals surface area contributed by atoms with Crippen LogP contribution in [-0.4, -0.2) is 11.3 Å². The SMILES string of the molecule is CC.O=CNc1ccccc1[N+](=O)[O-]. The molecule has 0 heterocycles. The Morgan fingerprint density at radius 2 is 1.93 bits per heavy atom. The van der Waals surface area contributed by atoms with Gasteiger partial charge in [-0.2, -0.15) is 0 Å². The second-order valence-electron chi connectivity index (χ2n) is 2.04. The number of nitro benzene ring substituents is 1. The molecule has 0 saturated carbocycles. The average molecular weight is 196 g/mol. The third-order valence-corrected chi connectivity index (χ3v) is 1.32. The van der Waals surface area contributed by atoms with E-state index in [-0.39, 0.29) is 11.4 Å². The minimum atomic E-state index is -0.550. The predicted octanol–water partition coefficient (Wildman–Crippen LogP) is 2.19. The van der Waals surface area contributed by atoms with Gasteiger partial charge >= 0.3 is 0 Å². The quantitative estimate of drug-likeness (QED) is 0.457. The molecule has 1 rings (SSSR count). The molecule has 0 aliphatic heterocycles. The van der Waals surface area contributed by atoms with E-state index in [1.165, 1.54) is 18.2 Å². The number of nitrogens with one attached hydrogen (secondary N) is 1. The molecule has 0 unspecified atom stereocenters. The lowest BCUT2D eigenvalue weighted by Crippen LogP contribution is -1.98. The highest BCUT2D eigenvalue weighted by Crippen LogP contribution is 2.21. The Balaban J connectivity index is 0.000000791. The molecule has 1 aromatic rings. The Hall–Kier alpha value is -1.91. The highest BCUT2D eigenvalue weighted by Gasteiger charge is 2.10. The first kappa shape index (κ1) is 12.1. The minimum Gasteiger partial charge on any atom is -0.323 e. The Labute approximate surface area is 81.9 Å². The highest BCUT2D eigenvalue weighted by molar-refractivity contribution is 5.77. The van der Waals surface area contributed by atoms with Crippen molar-refractivity contribution in [2.45, 2.75) is 13.8 Å². The number of hydrogen-bond acceptors (Lipinski definition) is 3. The molecule has 0 fully saturated rings. The van der Waals surface area contributed by atoms with Crippen LogP contribution in [0.25, 0.3) is 0 Å². The molecule has 0 aliphatic rings. The average Bonchev–Trinajstić information content (AvgIpc) is 2.22. The van der Waals surface area contributed by atoms with Crippen molar-refractivity contribution in [3.05, 3.63) is 34.4 Å². The summed E-state index contributed by atoms with van der Waals surface area (Å²) in [5.74, 6) is 0. The number of carbonyl (C=O) groups excluding carboxylic acids is 1. The molecule has 0 saturated heterocycles. The van der Waals surface area contributed by atoms with Crippen molar-refractivity contribution in [3.8, 4) is 0 Å². The van der Waals surface area contributed by atoms with E-state index in [0.29, 0.717) is 6.41 Å². The van der Waals surface area contributed by atoms with Crippen molar-refractivity contribution in [3.63, 3.8) is 0 Å². The molecule has 5 heteroatoms. The molecule has 5 nitrogen and oxygen atoms in total. The summed E-state index contributed by atoms with van der Waals surface area (Å²) in [6, 6.07) is 5.94. The van der Waals surface area contributed by atoms with Crippen LogP contribution < -0.4 is 5.32 Å². The van der Waals surface area contributed by atoms with Crippen molar-refractivity contribution >= 4 is 17.8 Å². The predicted molar refractivity (Wildman–Crippen MR) is 54.1 cm³/mol. The van der Waals surface area contributed by atoms with Crippen LogP contribution in [0, 0.1) is 10.1 Å². The van der Waals surface area contributed by atoms with Gasteiger partial charge in [0, 0.05) is 6.07 Å². The van der Waals surface area contributed by atoms with Crippen LogP contribution in [0.3, 0.4) is 0 Å². The second kappa shape index (κ2) is 6.59. The Bertz CT molecular complexity index is 313. The minimum absolute atomic E-state index is 0.107. The number of amides is 1. The van der Waals surface area contributed by atoms with Crippen molar-refractivity contribution in [2.75, 3.05) is 5.32 Å². The van der Waals surface area contributed by atoms with Crippen LogP contribution in [0.1, 0.15) is 13.8 Å². The van der Waals surface area contributed by atoms with Gasteiger partial charge < -0.3 is 5.32 Å². The van der Waals surface area contributed by atoms with E-state index in [4.69, 9.17) is 0 Å². The Morgan fingerprint density at radius 3 is 2.43 bits per heavy atom. The van der Waals surface area contributed by atoms with Gasteiger partial charge in [0.2, 0.25) is 6.41 Å². The maximum absolute atomic E-state index is 10.3. The molecule has 1 N–H and O–H groups in total. The first-order chi connectivity index (χ1) is 6.75. The molecule has 0 radical (unpaired) electrons. The van der Waals surface area contributed by atoms with E-state index in [9.17, 15) is 14.9 Å². The van der Waals surface area contributed by atoms with Crippen LogP contribution in [0.2, 0.25) is 0 Å². The Morgan fingerprint density at radius 1 is 1.36 bits per heavy atom. The lowest BCUT2D eigenvalue weighted by Gasteiger charge is -1.98. The van der Waals surface area contributed by atoms with Gasteiger partial charge in [0.1, 0.15) is 5.69 Å². The molecule has 0 atom stereocenters. The smallest absolute Gasteiger partial charge is 0.292 e. The molecule has 0 aromatic heterocycles. The van der Waals surface area contributed by atoms with Crippen molar-refractivity contribution in [2.24, 2.45) is 0 Å². The maximum Gasteiger partial charge on any atom is 0.292 e. The fourth-order valence-corrected chi connectivity index (χ4v) is 0.818. The summed E-state index contributed by atoms with van der Waals surface area (Å²) in [6.45, 7) is 4.00. The summed E-state index contributed by atoms with van der Waals surface area (Å²) in [4.78, 5) is 19.8. The van der Waals surface area contributed by atoms with Gasteiger partial charge in [-0.3, -0.25) is 14.9 Å². The van der Waals surface area contributed by atoms with Gasteiger partial charge in [-0.05, 0) is 6.07 Å². The summed E-state index contributed by atoms with van der Waals surface area (Å²) >= 11 is 0. The number of nitrogens with zero attached hydrogens (tertiary/aromatic N) is 1. The Kier molecular flexibility index (Phi) is 5.69. The van der Waals surface area contributed by atoms with Crippen LogP contribution in [0.4, 0.5) is 11.4 Å². The van der Waals surface area contributed by atoms with E-state index in [2.05, 4.69) is 5.32 Å². The molecule has 0 spiro atoms. The number of benzene rings is 1. The van der Waals surface area contributed by atoms with E-state index in [1.807, 2.05) is 13.8 Å². The summed E-state index contributed by atoms with van der Waals surface area (Å²) in [6.07, 6.45) is 0.405. The molecule has 14 heavy (non-hydrogen) atoms. The van der Waals surface area contributed by atoms with E-state index in [0.717, 1.165) is 0 Å². The first-order valence-electron chi connectivity index (χ1n) is 4.19. The summed E-state index contributed by atoms with van der Waals surface area (Å²) in [5.41, 5.74) is 0.0992. The number of anilines is 1. The number of nitro groups is 1. The van der Waals surface area contributed by atoms with Crippen molar-refractivity contribution < 1.29 is 9.72 Å². The fraction of sp³-hybridized carbons (Fsp3) is 0.222. The van der Waals surface area contributed by atoms with E-state index < -0.39 is 4.92 Å². The fourth-order valence-electron chi connectivity index (χ4n) is 0.818. The standard InChI is InChI=1S/C7H6N2O3.C2H6/c10-5-8-6-3-1-2-4-7(6)9(11)12;1-2/h1-5H,(H,8,10);1-2H3. The molecule has 76 valence electrons. The van der Waals surface area contributed by atoms with Crippen LogP contribution in [0.15, 0.2) is 24.3 Å². The van der Waals surface area contributed by atoms with E-state index >= 15 is 0 Å². The summed E-state index contributed by atoms with van der Waals surface area (Å²) in [7, 11) is 0. The van der Waals surface area contributed by atoms with Gasteiger partial charge in [-0.1, -0.05) is 26.0 Å². The molecule has 0 bridgehead atoms.